The van der Waals surface area contributed by atoms with Gasteiger partial charge in [-0.05, 0) is 61.0 Å². The summed E-state index contributed by atoms with van der Waals surface area (Å²) >= 11 is 1.52. The molecule has 8 heteroatoms. The summed E-state index contributed by atoms with van der Waals surface area (Å²) in [6.45, 7) is 1.99. The number of benzene rings is 1. The predicted molar refractivity (Wildman–Crippen MR) is 102 cm³/mol. The van der Waals surface area contributed by atoms with Gasteiger partial charge in [-0.15, -0.1) is 16.4 Å². The molecule has 0 atom stereocenters. The fourth-order valence-electron chi connectivity index (χ4n) is 3.24. The number of amides is 1. The van der Waals surface area contributed by atoms with Gasteiger partial charge in [0.15, 0.2) is 5.82 Å². The smallest absolute Gasteiger partial charge is 0.293 e. The number of hydrogen-bond acceptors (Lipinski definition) is 5. The van der Waals surface area contributed by atoms with Crippen molar-refractivity contribution in [2.24, 2.45) is 11.7 Å². The molecule has 0 spiro atoms. The van der Waals surface area contributed by atoms with E-state index in [1.807, 2.05) is 17.5 Å². The molecule has 3 aromatic rings. The van der Waals surface area contributed by atoms with Crippen LogP contribution in [0.2, 0.25) is 0 Å². The van der Waals surface area contributed by atoms with Gasteiger partial charge in [0, 0.05) is 13.1 Å². The average molecular weight is 385 g/mol. The Hall–Kier alpha value is -2.58. The molecule has 1 aliphatic heterocycles. The first-order valence-electron chi connectivity index (χ1n) is 8.92. The highest BCUT2D eigenvalue weighted by Gasteiger charge is 2.27. The highest BCUT2D eigenvalue weighted by molar-refractivity contribution is 7.13. The predicted octanol–water partition coefficient (Wildman–Crippen LogP) is 2.95. The molecule has 4 rings (SSSR count). The Kier molecular flexibility index (Phi) is 5.00. The molecule has 1 aliphatic rings. The molecule has 1 fully saturated rings. The van der Waals surface area contributed by atoms with E-state index in [2.05, 4.69) is 10.1 Å². The lowest BCUT2D eigenvalue weighted by Crippen LogP contribution is -2.40. The van der Waals surface area contributed by atoms with Crippen LogP contribution in [0.1, 0.15) is 23.5 Å². The molecule has 0 radical (unpaired) electrons. The zero-order chi connectivity index (χ0) is 18.8. The number of thiophene rings is 1. The molecule has 2 N–H and O–H groups in total. The zero-order valence-corrected chi connectivity index (χ0v) is 15.5. The van der Waals surface area contributed by atoms with E-state index in [-0.39, 0.29) is 17.5 Å². The van der Waals surface area contributed by atoms with Gasteiger partial charge in [-0.25, -0.2) is 14.1 Å². The Morgan fingerprint density at radius 1 is 1.22 bits per heavy atom. The van der Waals surface area contributed by atoms with Crippen LogP contribution < -0.4 is 5.73 Å². The fourth-order valence-corrected chi connectivity index (χ4v) is 3.94. The number of nitrogens with two attached hydrogens (primary N) is 1. The second-order valence-electron chi connectivity index (χ2n) is 6.60. The van der Waals surface area contributed by atoms with Crippen LogP contribution in [0.5, 0.6) is 0 Å². The maximum Gasteiger partial charge on any atom is 0.293 e. The number of rotatable bonds is 4. The summed E-state index contributed by atoms with van der Waals surface area (Å²) in [6.07, 6.45) is 1.80. The molecule has 0 bridgehead atoms. The summed E-state index contributed by atoms with van der Waals surface area (Å²) in [5, 5.41) is 6.40. The minimum absolute atomic E-state index is 0.161. The summed E-state index contributed by atoms with van der Waals surface area (Å²) in [6, 6.07) is 9.84. The highest BCUT2D eigenvalue weighted by atomic mass is 32.1. The van der Waals surface area contributed by atoms with Crippen LogP contribution in [-0.2, 0) is 0 Å². The summed E-state index contributed by atoms with van der Waals surface area (Å²) in [7, 11) is 0. The van der Waals surface area contributed by atoms with Gasteiger partial charge in [0.1, 0.15) is 5.82 Å². The van der Waals surface area contributed by atoms with Crippen LogP contribution in [0.25, 0.3) is 16.4 Å². The Balaban J connectivity index is 1.67. The summed E-state index contributed by atoms with van der Waals surface area (Å²) in [5.41, 5.74) is 6.39. The van der Waals surface area contributed by atoms with Gasteiger partial charge in [0.2, 0.25) is 5.82 Å². The van der Waals surface area contributed by atoms with Gasteiger partial charge >= 0.3 is 0 Å². The van der Waals surface area contributed by atoms with Crippen molar-refractivity contribution in [2.45, 2.75) is 12.8 Å². The second-order valence-corrected chi connectivity index (χ2v) is 7.54. The van der Waals surface area contributed by atoms with Gasteiger partial charge in [-0.2, -0.15) is 0 Å². The Labute approximate surface area is 160 Å². The highest BCUT2D eigenvalue weighted by Crippen LogP contribution is 2.26. The lowest BCUT2D eigenvalue weighted by molar-refractivity contribution is 0.0681. The second kappa shape index (κ2) is 7.58. The Morgan fingerprint density at radius 3 is 2.59 bits per heavy atom. The number of halogens is 1. The number of carbonyl (C=O) groups is 1. The van der Waals surface area contributed by atoms with Crippen molar-refractivity contribution in [3.63, 3.8) is 0 Å². The van der Waals surface area contributed by atoms with Crippen LogP contribution in [0.4, 0.5) is 4.39 Å². The van der Waals surface area contributed by atoms with Gasteiger partial charge in [-0.3, -0.25) is 4.79 Å². The van der Waals surface area contributed by atoms with Crippen molar-refractivity contribution in [2.75, 3.05) is 19.6 Å². The van der Waals surface area contributed by atoms with Crippen LogP contribution in [0.15, 0.2) is 41.8 Å². The average Bonchev–Trinajstić information content (AvgIpc) is 3.38. The number of nitrogens with zero attached hydrogens (tertiary/aromatic N) is 4. The standard InChI is InChI=1S/C19H20FN5OS/c20-14-3-5-15(6-4-14)25-18(16-2-1-11-27-16)22-17(23-25)19(26)24-9-7-13(12-21)8-10-24/h1-6,11,13H,7-10,12,21H2. The molecular formula is C19H20FN5OS. The van der Waals surface area contributed by atoms with Crippen molar-refractivity contribution in [1.29, 1.82) is 0 Å². The molecule has 3 heterocycles. The SMILES string of the molecule is NCC1CCN(C(=O)c2nc(-c3cccs3)n(-c3ccc(F)cc3)n2)CC1. The Morgan fingerprint density at radius 2 is 1.96 bits per heavy atom. The molecule has 1 saturated heterocycles. The van der Waals surface area contributed by atoms with E-state index in [1.54, 1.807) is 21.7 Å². The molecule has 1 aromatic carbocycles. The lowest BCUT2D eigenvalue weighted by atomic mass is 9.97. The number of carbonyl (C=O) groups excluding carboxylic acids is 1. The quantitative estimate of drug-likeness (QED) is 0.749. The van der Waals surface area contributed by atoms with Crippen molar-refractivity contribution < 1.29 is 9.18 Å². The van der Waals surface area contributed by atoms with E-state index in [1.165, 1.54) is 23.5 Å². The first kappa shape index (κ1) is 17.8. The monoisotopic (exact) mass is 385 g/mol. The summed E-state index contributed by atoms with van der Waals surface area (Å²) in [4.78, 5) is 20.1. The molecule has 27 heavy (non-hydrogen) atoms. The third-order valence-electron chi connectivity index (χ3n) is 4.85. The number of piperidine rings is 1. The maximum absolute atomic E-state index is 13.3. The molecule has 0 saturated carbocycles. The van der Waals surface area contributed by atoms with Gasteiger partial charge < -0.3 is 10.6 Å². The van der Waals surface area contributed by atoms with Crippen molar-refractivity contribution in [3.8, 4) is 16.4 Å². The zero-order valence-electron chi connectivity index (χ0n) is 14.7. The maximum atomic E-state index is 13.3. The van der Waals surface area contributed by atoms with Crippen molar-refractivity contribution in [3.05, 3.63) is 53.4 Å². The third kappa shape index (κ3) is 3.63. The van der Waals surface area contributed by atoms with E-state index in [0.717, 1.165) is 17.7 Å². The number of aromatic nitrogens is 3. The molecule has 140 valence electrons. The van der Waals surface area contributed by atoms with Gasteiger partial charge in [-0.1, -0.05) is 6.07 Å². The van der Waals surface area contributed by atoms with Crippen LogP contribution in [-0.4, -0.2) is 45.2 Å². The normalized spacial score (nSPS) is 15.3. The van der Waals surface area contributed by atoms with E-state index in [0.29, 0.717) is 37.1 Å². The summed E-state index contributed by atoms with van der Waals surface area (Å²) < 4.78 is 14.9. The van der Waals surface area contributed by atoms with E-state index in [9.17, 15) is 9.18 Å². The molecule has 6 nitrogen and oxygen atoms in total. The fraction of sp³-hybridized carbons (Fsp3) is 0.316. The first-order valence-corrected chi connectivity index (χ1v) is 9.80. The van der Waals surface area contributed by atoms with Crippen LogP contribution in [0.3, 0.4) is 0 Å². The van der Waals surface area contributed by atoms with Gasteiger partial charge in [0.25, 0.3) is 5.91 Å². The van der Waals surface area contributed by atoms with E-state index < -0.39 is 0 Å². The van der Waals surface area contributed by atoms with Gasteiger partial charge in [0.05, 0.1) is 10.6 Å². The molecular weight excluding hydrogens is 365 g/mol. The van der Waals surface area contributed by atoms with Crippen LogP contribution in [0, 0.1) is 11.7 Å². The first-order chi connectivity index (χ1) is 13.2. The molecule has 0 aliphatic carbocycles. The Bertz CT molecular complexity index is 914. The minimum Gasteiger partial charge on any atom is -0.336 e. The third-order valence-corrected chi connectivity index (χ3v) is 5.71. The molecule has 0 unspecified atom stereocenters. The molecule has 1 amide bonds. The van der Waals surface area contributed by atoms with Crippen LogP contribution >= 0.6 is 11.3 Å². The van der Waals surface area contributed by atoms with E-state index in [4.69, 9.17) is 5.73 Å². The number of hydrogen-bond donors (Lipinski definition) is 1. The topological polar surface area (TPSA) is 77.0 Å². The lowest BCUT2D eigenvalue weighted by Gasteiger charge is -2.30. The largest absolute Gasteiger partial charge is 0.336 e. The number of likely N-dealkylation sites (tertiary alicyclic amines) is 1. The van der Waals surface area contributed by atoms with Crippen molar-refractivity contribution >= 4 is 17.2 Å². The molecule has 2 aromatic heterocycles. The van der Waals surface area contributed by atoms with E-state index >= 15 is 0 Å². The van der Waals surface area contributed by atoms with Crippen molar-refractivity contribution in [1.82, 2.24) is 19.7 Å². The minimum atomic E-state index is -0.324. The summed E-state index contributed by atoms with van der Waals surface area (Å²) in [5.74, 6) is 0.714.